The fourth-order valence-corrected chi connectivity index (χ4v) is 2.64. The maximum atomic E-state index is 14.2. The molecule has 1 aromatic heterocycles. The number of rotatable bonds is 2. The lowest BCUT2D eigenvalue weighted by molar-refractivity contribution is 0.112. The Hall–Kier alpha value is -2.26. The van der Waals surface area contributed by atoms with Crippen molar-refractivity contribution in [1.29, 1.82) is 0 Å². The molecule has 0 radical (unpaired) electrons. The van der Waals surface area contributed by atoms with Gasteiger partial charge in [0, 0.05) is 32.8 Å². The number of carbonyl (C=O) groups is 1. The molecular formula is C17H11ClFNO. The van der Waals surface area contributed by atoms with E-state index in [0.717, 1.165) is 0 Å². The summed E-state index contributed by atoms with van der Waals surface area (Å²) < 4.78 is 14.2. The predicted molar refractivity (Wildman–Crippen MR) is 82.3 cm³/mol. The van der Waals surface area contributed by atoms with E-state index in [1.54, 1.807) is 43.3 Å². The average Bonchev–Trinajstić information content (AvgIpc) is 2.47. The second-order valence-electron chi connectivity index (χ2n) is 4.75. The lowest BCUT2D eigenvalue weighted by Crippen LogP contribution is -1.99. The van der Waals surface area contributed by atoms with Crippen molar-refractivity contribution < 1.29 is 9.18 Å². The van der Waals surface area contributed by atoms with E-state index in [4.69, 9.17) is 11.6 Å². The summed E-state index contributed by atoms with van der Waals surface area (Å²) in [5.74, 6) is -0.382. The van der Waals surface area contributed by atoms with Gasteiger partial charge in [0.2, 0.25) is 0 Å². The second-order valence-corrected chi connectivity index (χ2v) is 5.18. The molecule has 0 N–H and O–H groups in total. The number of aldehydes is 1. The van der Waals surface area contributed by atoms with Gasteiger partial charge in [-0.05, 0) is 31.2 Å². The Kier molecular flexibility index (Phi) is 3.43. The number of nitrogens with zero attached hydrogens (tertiary/aromatic N) is 1. The quantitative estimate of drug-likeness (QED) is 0.635. The first-order valence-electron chi connectivity index (χ1n) is 6.41. The molecule has 2 aromatic carbocycles. The fourth-order valence-electron chi connectivity index (χ4n) is 2.47. The lowest BCUT2D eigenvalue weighted by atomic mass is 9.94. The van der Waals surface area contributed by atoms with Gasteiger partial charge in [0.15, 0.2) is 6.29 Å². The van der Waals surface area contributed by atoms with Gasteiger partial charge in [-0.15, -0.1) is 0 Å². The van der Waals surface area contributed by atoms with E-state index in [9.17, 15) is 9.18 Å². The van der Waals surface area contributed by atoms with Crippen molar-refractivity contribution in [3.63, 3.8) is 0 Å². The molecule has 2 nitrogen and oxygen atoms in total. The topological polar surface area (TPSA) is 30.0 Å². The number of benzene rings is 2. The van der Waals surface area contributed by atoms with Gasteiger partial charge in [0.05, 0.1) is 5.52 Å². The minimum atomic E-state index is -0.382. The van der Waals surface area contributed by atoms with Crippen molar-refractivity contribution >= 4 is 28.8 Å². The zero-order chi connectivity index (χ0) is 15.0. The number of carbonyl (C=O) groups excluding carboxylic acids is 1. The van der Waals surface area contributed by atoms with E-state index in [1.807, 2.05) is 0 Å². The molecule has 0 atom stereocenters. The van der Waals surface area contributed by atoms with Crippen LogP contribution in [0.2, 0.25) is 5.02 Å². The molecule has 0 fully saturated rings. The van der Waals surface area contributed by atoms with Crippen LogP contribution in [0.3, 0.4) is 0 Å². The maximum Gasteiger partial charge on any atom is 0.152 e. The third-order valence-electron chi connectivity index (χ3n) is 3.44. The van der Waals surface area contributed by atoms with Gasteiger partial charge < -0.3 is 0 Å². The zero-order valence-corrected chi connectivity index (χ0v) is 12.0. The number of aromatic nitrogens is 1. The van der Waals surface area contributed by atoms with Crippen LogP contribution in [0.1, 0.15) is 16.1 Å². The molecule has 0 aliphatic carbocycles. The molecule has 1 heterocycles. The van der Waals surface area contributed by atoms with Crippen molar-refractivity contribution in [2.45, 2.75) is 6.92 Å². The molecule has 0 aliphatic rings. The summed E-state index contributed by atoms with van der Waals surface area (Å²) in [6.45, 7) is 1.74. The molecule has 0 saturated carbocycles. The van der Waals surface area contributed by atoms with E-state index in [-0.39, 0.29) is 5.82 Å². The molecule has 0 aliphatic heterocycles. The molecule has 104 valence electrons. The molecule has 0 bridgehead atoms. The summed E-state index contributed by atoms with van der Waals surface area (Å²) in [7, 11) is 0. The molecule has 0 amide bonds. The Balaban J connectivity index is 2.51. The van der Waals surface area contributed by atoms with E-state index >= 15 is 0 Å². The number of hydrogen-bond acceptors (Lipinski definition) is 2. The van der Waals surface area contributed by atoms with Crippen molar-refractivity contribution in [2.24, 2.45) is 0 Å². The summed E-state index contributed by atoms with van der Waals surface area (Å²) in [4.78, 5) is 15.9. The van der Waals surface area contributed by atoms with Crippen LogP contribution in [0.15, 0.2) is 42.5 Å². The largest absolute Gasteiger partial charge is 0.298 e. The van der Waals surface area contributed by atoms with Crippen LogP contribution in [-0.4, -0.2) is 11.3 Å². The van der Waals surface area contributed by atoms with Gasteiger partial charge >= 0.3 is 0 Å². The van der Waals surface area contributed by atoms with Crippen LogP contribution in [0.25, 0.3) is 22.0 Å². The van der Waals surface area contributed by atoms with Crippen molar-refractivity contribution in [3.8, 4) is 11.1 Å². The Bertz CT molecular complexity index is 861. The molecule has 3 rings (SSSR count). The first kappa shape index (κ1) is 13.7. The van der Waals surface area contributed by atoms with Gasteiger partial charge in [-0.2, -0.15) is 0 Å². The summed E-state index contributed by atoms with van der Waals surface area (Å²) >= 11 is 6.04. The second kappa shape index (κ2) is 5.26. The SMILES string of the molecule is Cc1nc2ccc(Cl)cc2c(-c2ccccc2F)c1C=O. The molecule has 21 heavy (non-hydrogen) atoms. The highest BCUT2D eigenvalue weighted by Crippen LogP contribution is 2.34. The van der Waals surface area contributed by atoms with Crippen LogP contribution in [0.4, 0.5) is 4.39 Å². The summed E-state index contributed by atoms with van der Waals surface area (Å²) in [6.07, 6.45) is 0.713. The standard InChI is InChI=1S/C17H11ClFNO/c1-10-14(9-21)17(12-4-2-3-5-15(12)19)13-8-11(18)6-7-16(13)20-10/h2-9H,1H3. The fraction of sp³-hybridized carbons (Fsp3) is 0.0588. The molecule has 0 spiro atoms. The predicted octanol–water partition coefficient (Wildman–Crippen LogP) is 4.82. The number of halogens is 2. The van der Waals surface area contributed by atoms with Crippen LogP contribution in [-0.2, 0) is 0 Å². The van der Waals surface area contributed by atoms with Crippen LogP contribution < -0.4 is 0 Å². The van der Waals surface area contributed by atoms with Crippen molar-refractivity contribution in [3.05, 3.63) is 64.6 Å². The maximum absolute atomic E-state index is 14.2. The first-order chi connectivity index (χ1) is 10.1. The van der Waals surface area contributed by atoms with E-state index in [0.29, 0.717) is 44.6 Å². The first-order valence-corrected chi connectivity index (χ1v) is 6.79. The van der Waals surface area contributed by atoms with Gasteiger partial charge in [0.25, 0.3) is 0 Å². The number of hydrogen-bond donors (Lipinski definition) is 0. The summed E-state index contributed by atoms with van der Waals surface area (Å²) in [5.41, 5.74) is 2.54. The van der Waals surface area contributed by atoms with Crippen LogP contribution >= 0.6 is 11.6 Å². The molecule has 4 heteroatoms. The summed E-state index contributed by atoms with van der Waals surface area (Å²) in [5, 5.41) is 1.18. The third-order valence-corrected chi connectivity index (χ3v) is 3.67. The molecule has 0 saturated heterocycles. The Morgan fingerprint density at radius 3 is 2.67 bits per heavy atom. The normalized spacial score (nSPS) is 10.8. The molecular weight excluding hydrogens is 289 g/mol. The lowest BCUT2D eigenvalue weighted by Gasteiger charge is -2.13. The minimum Gasteiger partial charge on any atom is -0.298 e. The highest BCUT2D eigenvalue weighted by atomic mass is 35.5. The third kappa shape index (κ3) is 2.30. The number of fused-ring (bicyclic) bond motifs is 1. The average molecular weight is 300 g/mol. The number of pyridine rings is 1. The highest BCUT2D eigenvalue weighted by molar-refractivity contribution is 6.31. The zero-order valence-electron chi connectivity index (χ0n) is 11.2. The van der Waals surface area contributed by atoms with E-state index in [1.165, 1.54) is 6.07 Å². The smallest absolute Gasteiger partial charge is 0.152 e. The Morgan fingerprint density at radius 1 is 1.19 bits per heavy atom. The minimum absolute atomic E-state index is 0.373. The van der Waals surface area contributed by atoms with Crippen LogP contribution in [0.5, 0.6) is 0 Å². The number of aryl methyl sites for hydroxylation is 1. The van der Waals surface area contributed by atoms with Gasteiger partial charge in [-0.3, -0.25) is 9.78 Å². The van der Waals surface area contributed by atoms with E-state index in [2.05, 4.69) is 4.98 Å². The van der Waals surface area contributed by atoms with Gasteiger partial charge in [0.1, 0.15) is 5.82 Å². The molecule has 0 unspecified atom stereocenters. The Labute approximate surface area is 126 Å². The highest BCUT2D eigenvalue weighted by Gasteiger charge is 2.16. The van der Waals surface area contributed by atoms with Crippen LogP contribution in [0, 0.1) is 12.7 Å². The summed E-state index contributed by atoms with van der Waals surface area (Å²) in [6, 6.07) is 11.6. The van der Waals surface area contributed by atoms with Gasteiger partial charge in [-0.1, -0.05) is 29.8 Å². The monoisotopic (exact) mass is 299 g/mol. The van der Waals surface area contributed by atoms with Crippen molar-refractivity contribution in [2.75, 3.05) is 0 Å². The van der Waals surface area contributed by atoms with E-state index < -0.39 is 0 Å². The van der Waals surface area contributed by atoms with Gasteiger partial charge in [-0.25, -0.2) is 4.39 Å². The molecule has 3 aromatic rings. The Morgan fingerprint density at radius 2 is 1.95 bits per heavy atom. The van der Waals surface area contributed by atoms with Crippen molar-refractivity contribution in [1.82, 2.24) is 4.98 Å².